The van der Waals surface area contributed by atoms with Crippen LogP contribution in [0.4, 0.5) is 0 Å². The van der Waals surface area contributed by atoms with Gasteiger partial charge in [-0.25, -0.2) is 0 Å². The SMILES string of the molecule is CCCCc1ccc2c(c1)[PH](=O)Oc1ccccc1-2. The number of hydrogen-bond donors (Lipinski definition) is 0. The van der Waals surface area contributed by atoms with E-state index in [9.17, 15) is 4.57 Å². The van der Waals surface area contributed by atoms with Gasteiger partial charge in [0.15, 0.2) is 0 Å². The van der Waals surface area contributed by atoms with E-state index < -0.39 is 8.03 Å². The molecule has 0 N–H and O–H groups in total. The van der Waals surface area contributed by atoms with Crippen LogP contribution in [0.5, 0.6) is 5.75 Å². The third-order valence-corrected chi connectivity index (χ3v) is 4.76. The van der Waals surface area contributed by atoms with Gasteiger partial charge >= 0.3 is 0 Å². The maximum absolute atomic E-state index is 12.2. The lowest BCUT2D eigenvalue weighted by Gasteiger charge is -2.20. The van der Waals surface area contributed by atoms with Crippen LogP contribution < -0.4 is 9.83 Å². The summed E-state index contributed by atoms with van der Waals surface area (Å²) in [6.07, 6.45) is 3.38. The molecule has 19 heavy (non-hydrogen) atoms. The molecule has 2 nitrogen and oxygen atoms in total. The molecule has 1 aliphatic heterocycles. The maximum atomic E-state index is 12.2. The summed E-state index contributed by atoms with van der Waals surface area (Å²) in [7, 11) is -2.16. The summed E-state index contributed by atoms with van der Waals surface area (Å²) in [4.78, 5) is 0. The molecule has 0 radical (unpaired) electrons. The van der Waals surface area contributed by atoms with Crippen molar-refractivity contribution >= 4 is 13.3 Å². The van der Waals surface area contributed by atoms with E-state index in [0.29, 0.717) is 0 Å². The zero-order chi connectivity index (χ0) is 13.2. The maximum Gasteiger partial charge on any atom is 0.266 e. The topological polar surface area (TPSA) is 26.3 Å². The van der Waals surface area contributed by atoms with Gasteiger partial charge in [0.2, 0.25) is 0 Å². The molecular weight excluding hydrogens is 255 g/mol. The lowest BCUT2D eigenvalue weighted by molar-refractivity contribution is 0.513. The number of hydrogen-bond acceptors (Lipinski definition) is 2. The second kappa shape index (κ2) is 5.22. The number of para-hydroxylation sites is 1. The van der Waals surface area contributed by atoms with E-state index >= 15 is 0 Å². The third-order valence-electron chi connectivity index (χ3n) is 3.50. The Morgan fingerprint density at radius 2 is 1.95 bits per heavy atom. The van der Waals surface area contributed by atoms with Crippen LogP contribution in [0.15, 0.2) is 42.5 Å². The molecule has 0 fully saturated rings. The van der Waals surface area contributed by atoms with E-state index in [0.717, 1.165) is 35.0 Å². The molecule has 0 saturated carbocycles. The van der Waals surface area contributed by atoms with E-state index in [2.05, 4.69) is 25.1 Å². The summed E-state index contributed by atoms with van der Waals surface area (Å²) < 4.78 is 17.8. The molecule has 98 valence electrons. The molecule has 1 aliphatic rings. The van der Waals surface area contributed by atoms with Gasteiger partial charge in [-0.05, 0) is 36.1 Å². The molecule has 2 aromatic carbocycles. The summed E-state index contributed by atoms with van der Waals surface area (Å²) in [6, 6.07) is 14.1. The van der Waals surface area contributed by atoms with Gasteiger partial charge in [-0.15, -0.1) is 0 Å². The summed E-state index contributed by atoms with van der Waals surface area (Å²) in [6.45, 7) is 2.18. The van der Waals surface area contributed by atoms with Gasteiger partial charge in [0.1, 0.15) is 5.75 Å². The average Bonchev–Trinajstić information content (AvgIpc) is 2.45. The summed E-state index contributed by atoms with van der Waals surface area (Å²) >= 11 is 0. The predicted octanol–water partition coefficient (Wildman–Crippen LogP) is 4.19. The normalized spacial score (nSPS) is 16.4. The number of unbranched alkanes of at least 4 members (excludes halogenated alkanes) is 1. The van der Waals surface area contributed by atoms with Crippen LogP contribution in [0.1, 0.15) is 25.3 Å². The number of aryl methyl sites for hydroxylation is 1. The quantitative estimate of drug-likeness (QED) is 0.783. The van der Waals surface area contributed by atoms with E-state index in [1.165, 1.54) is 12.0 Å². The molecule has 0 aliphatic carbocycles. The predicted molar refractivity (Wildman–Crippen MR) is 79.8 cm³/mol. The standard InChI is InChI=1S/C16H17O2P/c1-2-3-6-12-9-10-14-13-7-4-5-8-15(13)18-19(17)16(14)11-12/h4-5,7-11,19H,2-3,6H2,1H3. The second-order valence-electron chi connectivity index (χ2n) is 4.87. The molecule has 1 heterocycles. The Bertz CT molecular complexity index is 634. The van der Waals surface area contributed by atoms with Gasteiger partial charge in [0.25, 0.3) is 8.03 Å². The highest BCUT2D eigenvalue weighted by Crippen LogP contribution is 2.42. The van der Waals surface area contributed by atoms with Gasteiger partial charge < -0.3 is 4.52 Å². The van der Waals surface area contributed by atoms with Crippen LogP contribution in [0.25, 0.3) is 11.1 Å². The van der Waals surface area contributed by atoms with E-state index in [1.807, 2.05) is 24.3 Å². The zero-order valence-electron chi connectivity index (χ0n) is 11.0. The molecule has 1 atom stereocenters. The molecule has 0 saturated heterocycles. The monoisotopic (exact) mass is 272 g/mol. The van der Waals surface area contributed by atoms with Crippen LogP contribution in [0.2, 0.25) is 0 Å². The van der Waals surface area contributed by atoms with Crippen LogP contribution in [0.3, 0.4) is 0 Å². The Morgan fingerprint density at radius 1 is 1.11 bits per heavy atom. The molecule has 0 spiro atoms. The summed E-state index contributed by atoms with van der Waals surface area (Å²) in [5.41, 5.74) is 3.36. The molecular formula is C16H17O2P. The molecule has 3 heteroatoms. The van der Waals surface area contributed by atoms with Crippen molar-refractivity contribution in [2.24, 2.45) is 0 Å². The van der Waals surface area contributed by atoms with Crippen molar-refractivity contribution in [3.05, 3.63) is 48.0 Å². The van der Waals surface area contributed by atoms with Crippen molar-refractivity contribution in [3.8, 4) is 16.9 Å². The van der Waals surface area contributed by atoms with Crippen molar-refractivity contribution < 1.29 is 9.09 Å². The fraction of sp³-hybridized carbons (Fsp3) is 0.250. The lowest BCUT2D eigenvalue weighted by Crippen LogP contribution is -2.11. The second-order valence-corrected chi connectivity index (χ2v) is 6.19. The first-order valence-corrected chi connectivity index (χ1v) is 8.05. The summed E-state index contributed by atoms with van der Waals surface area (Å²) in [5, 5.41) is 0.873. The molecule has 0 aromatic heterocycles. The Hall–Kier alpha value is -1.53. The van der Waals surface area contributed by atoms with Crippen LogP contribution in [0, 0.1) is 0 Å². The molecule has 0 bridgehead atoms. The highest BCUT2D eigenvalue weighted by atomic mass is 31.1. The minimum Gasteiger partial charge on any atom is -0.441 e. The van der Waals surface area contributed by atoms with Crippen LogP contribution in [-0.2, 0) is 11.0 Å². The zero-order valence-corrected chi connectivity index (χ0v) is 12.0. The average molecular weight is 272 g/mol. The van der Waals surface area contributed by atoms with Gasteiger partial charge in [-0.3, -0.25) is 4.57 Å². The fourth-order valence-corrected chi connectivity index (χ4v) is 3.69. The van der Waals surface area contributed by atoms with Crippen molar-refractivity contribution in [1.82, 2.24) is 0 Å². The first-order chi connectivity index (χ1) is 9.29. The Labute approximate surface area is 114 Å². The number of benzene rings is 2. The largest absolute Gasteiger partial charge is 0.441 e. The Balaban J connectivity index is 2.06. The number of rotatable bonds is 3. The van der Waals surface area contributed by atoms with Crippen molar-refractivity contribution in [2.75, 3.05) is 0 Å². The van der Waals surface area contributed by atoms with Gasteiger partial charge in [-0.1, -0.05) is 43.7 Å². The van der Waals surface area contributed by atoms with Crippen molar-refractivity contribution in [1.29, 1.82) is 0 Å². The van der Waals surface area contributed by atoms with Crippen LogP contribution in [-0.4, -0.2) is 0 Å². The Kier molecular flexibility index (Phi) is 3.44. The van der Waals surface area contributed by atoms with E-state index in [-0.39, 0.29) is 0 Å². The van der Waals surface area contributed by atoms with Crippen molar-refractivity contribution in [2.45, 2.75) is 26.2 Å². The first-order valence-electron chi connectivity index (χ1n) is 6.74. The van der Waals surface area contributed by atoms with Crippen LogP contribution >= 0.6 is 8.03 Å². The molecule has 1 unspecified atom stereocenters. The first kappa shape index (κ1) is 12.5. The fourth-order valence-electron chi connectivity index (χ4n) is 2.46. The van der Waals surface area contributed by atoms with Gasteiger partial charge in [-0.2, -0.15) is 0 Å². The molecule has 2 aromatic rings. The minimum absolute atomic E-state index is 0.736. The smallest absolute Gasteiger partial charge is 0.266 e. The van der Waals surface area contributed by atoms with Crippen molar-refractivity contribution in [3.63, 3.8) is 0 Å². The third kappa shape index (κ3) is 2.33. The molecule has 0 amide bonds. The highest BCUT2D eigenvalue weighted by molar-refractivity contribution is 7.49. The van der Waals surface area contributed by atoms with E-state index in [4.69, 9.17) is 4.52 Å². The van der Waals surface area contributed by atoms with Gasteiger partial charge in [0, 0.05) is 5.56 Å². The van der Waals surface area contributed by atoms with Gasteiger partial charge in [0.05, 0.1) is 5.30 Å². The minimum atomic E-state index is -2.16. The highest BCUT2D eigenvalue weighted by Gasteiger charge is 2.22. The Morgan fingerprint density at radius 3 is 2.79 bits per heavy atom. The summed E-state index contributed by atoms with van der Waals surface area (Å²) in [5.74, 6) is 0.736. The molecule has 3 rings (SSSR count). The lowest BCUT2D eigenvalue weighted by atomic mass is 10.0. The number of fused-ring (bicyclic) bond motifs is 3. The van der Waals surface area contributed by atoms with E-state index in [1.54, 1.807) is 0 Å².